The van der Waals surface area contributed by atoms with E-state index in [0.717, 1.165) is 17.3 Å². The van der Waals surface area contributed by atoms with Gasteiger partial charge in [0.25, 0.3) is 5.22 Å². The average molecular weight is 306 g/mol. The van der Waals surface area contributed by atoms with E-state index in [1.165, 1.54) is 7.05 Å². The molecule has 0 aliphatic heterocycles. The van der Waals surface area contributed by atoms with Gasteiger partial charge in [-0.2, -0.15) is 0 Å². The quantitative estimate of drug-likeness (QED) is 0.834. The summed E-state index contributed by atoms with van der Waals surface area (Å²) in [6, 6.07) is 8.77. The van der Waals surface area contributed by atoms with Gasteiger partial charge < -0.3 is 9.73 Å². The summed E-state index contributed by atoms with van der Waals surface area (Å²) >= 11 is 1.09. The van der Waals surface area contributed by atoms with Gasteiger partial charge in [-0.15, -0.1) is 10.2 Å². The lowest BCUT2D eigenvalue weighted by Gasteiger charge is -2.07. The summed E-state index contributed by atoms with van der Waals surface area (Å²) in [6.07, 6.45) is 0. The first-order chi connectivity index (χ1) is 10.1. The highest BCUT2D eigenvalue weighted by molar-refractivity contribution is 8.00. The van der Waals surface area contributed by atoms with Crippen molar-refractivity contribution in [3.63, 3.8) is 0 Å². The molecule has 2 rings (SSSR count). The summed E-state index contributed by atoms with van der Waals surface area (Å²) in [6.45, 7) is 1.65. The van der Waals surface area contributed by atoms with Crippen LogP contribution in [0.5, 0.6) is 0 Å². The molecule has 0 bridgehead atoms. The highest BCUT2D eigenvalue weighted by Crippen LogP contribution is 2.25. The number of urea groups is 1. The number of imide groups is 1. The lowest BCUT2D eigenvalue weighted by Crippen LogP contribution is -2.41. The molecule has 2 N–H and O–H groups in total. The van der Waals surface area contributed by atoms with E-state index in [2.05, 4.69) is 20.8 Å². The van der Waals surface area contributed by atoms with E-state index in [-0.39, 0.29) is 5.22 Å². The molecule has 0 aliphatic rings. The van der Waals surface area contributed by atoms with E-state index in [1.54, 1.807) is 6.92 Å². The van der Waals surface area contributed by atoms with E-state index in [4.69, 9.17) is 4.42 Å². The van der Waals surface area contributed by atoms with Crippen LogP contribution in [0.1, 0.15) is 6.92 Å². The van der Waals surface area contributed by atoms with E-state index < -0.39 is 17.2 Å². The minimum absolute atomic E-state index is 0.272. The van der Waals surface area contributed by atoms with Crippen molar-refractivity contribution in [2.75, 3.05) is 7.05 Å². The summed E-state index contributed by atoms with van der Waals surface area (Å²) in [5.74, 6) is -0.0455. The summed E-state index contributed by atoms with van der Waals surface area (Å²) in [5.41, 5.74) is 0.805. The molecule has 0 spiro atoms. The van der Waals surface area contributed by atoms with Crippen LogP contribution in [0.3, 0.4) is 0 Å². The van der Waals surface area contributed by atoms with Crippen molar-refractivity contribution < 1.29 is 14.0 Å². The molecule has 0 unspecified atom stereocenters. The van der Waals surface area contributed by atoms with E-state index >= 15 is 0 Å². The first-order valence-corrected chi connectivity index (χ1v) is 7.06. The second kappa shape index (κ2) is 6.89. The molecule has 3 amide bonds. The maximum absolute atomic E-state index is 11.7. The summed E-state index contributed by atoms with van der Waals surface area (Å²) < 4.78 is 5.48. The van der Waals surface area contributed by atoms with Crippen LogP contribution in [0.2, 0.25) is 0 Å². The third kappa shape index (κ3) is 4.06. The fraction of sp³-hybridized carbons (Fsp3) is 0.231. The number of hydrogen-bond donors (Lipinski definition) is 2. The third-order valence-corrected chi connectivity index (χ3v) is 3.47. The van der Waals surface area contributed by atoms with Crippen molar-refractivity contribution in [2.24, 2.45) is 0 Å². The Balaban J connectivity index is 1.99. The number of nitrogens with one attached hydrogen (secondary N) is 2. The van der Waals surface area contributed by atoms with Crippen molar-refractivity contribution in [3.05, 3.63) is 30.3 Å². The molecule has 1 aromatic heterocycles. The largest absolute Gasteiger partial charge is 0.411 e. The maximum atomic E-state index is 11.7. The van der Waals surface area contributed by atoms with Gasteiger partial charge in [-0.05, 0) is 19.1 Å². The number of carbonyl (C=O) groups excluding carboxylic acids is 2. The summed E-state index contributed by atoms with van der Waals surface area (Å²) in [4.78, 5) is 22.8. The van der Waals surface area contributed by atoms with Crippen molar-refractivity contribution >= 4 is 23.7 Å². The van der Waals surface area contributed by atoms with Gasteiger partial charge in [0.2, 0.25) is 11.8 Å². The molecule has 1 aromatic carbocycles. The Bertz CT molecular complexity index is 629. The average Bonchev–Trinajstić information content (AvgIpc) is 2.96. The van der Waals surface area contributed by atoms with Gasteiger partial charge in [0, 0.05) is 12.6 Å². The van der Waals surface area contributed by atoms with Gasteiger partial charge in [-0.3, -0.25) is 10.1 Å². The topological polar surface area (TPSA) is 97.1 Å². The molecule has 8 heteroatoms. The van der Waals surface area contributed by atoms with Crippen LogP contribution < -0.4 is 10.6 Å². The van der Waals surface area contributed by atoms with Gasteiger partial charge in [0.15, 0.2) is 0 Å². The van der Waals surface area contributed by atoms with Crippen LogP contribution in [-0.4, -0.2) is 34.4 Å². The molecule has 21 heavy (non-hydrogen) atoms. The second-order valence-electron chi connectivity index (χ2n) is 4.07. The number of amides is 3. The van der Waals surface area contributed by atoms with Gasteiger partial charge in [0.1, 0.15) is 0 Å². The van der Waals surface area contributed by atoms with Gasteiger partial charge >= 0.3 is 6.03 Å². The van der Waals surface area contributed by atoms with Gasteiger partial charge in [-0.1, -0.05) is 30.0 Å². The molecule has 7 nitrogen and oxygen atoms in total. The Morgan fingerprint density at radius 3 is 2.62 bits per heavy atom. The minimum Gasteiger partial charge on any atom is -0.411 e. The molecular weight excluding hydrogens is 292 g/mol. The van der Waals surface area contributed by atoms with Crippen LogP contribution in [0.4, 0.5) is 4.79 Å². The molecule has 110 valence electrons. The predicted octanol–water partition coefficient (Wildman–Crippen LogP) is 1.67. The Kier molecular flexibility index (Phi) is 4.94. The molecule has 0 aliphatic carbocycles. The molecule has 0 saturated heterocycles. The zero-order chi connectivity index (χ0) is 15.2. The summed E-state index contributed by atoms with van der Waals surface area (Å²) in [7, 11) is 1.44. The molecule has 0 saturated carbocycles. The van der Waals surface area contributed by atoms with Crippen molar-refractivity contribution in [3.8, 4) is 11.5 Å². The van der Waals surface area contributed by atoms with Crippen LogP contribution in [0.25, 0.3) is 11.5 Å². The van der Waals surface area contributed by atoms with Crippen LogP contribution in [0, 0.1) is 0 Å². The number of thioether (sulfide) groups is 1. The highest BCUT2D eigenvalue weighted by atomic mass is 32.2. The molecule has 2 aromatic rings. The van der Waals surface area contributed by atoms with Crippen molar-refractivity contribution in [1.29, 1.82) is 0 Å². The number of nitrogens with zero attached hydrogens (tertiary/aromatic N) is 2. The number of benzene rings is 1. The monoisotopic (exact) mass is 306 g/mol. The van der Waals surface area contributed by atoms with E-state index in [0.29, 0.717) is 5.89 Å². The van der Waals surface area contributed by atoms with Crippen LogP contribution >= 0.6 is 11.8 Å². The van der Waals surface area contributed by atoms with Crippen molar-refractivity contribution in [1.82, 2.24) is 20.8 Å². The van der Waals surface area contributed by atoms with E-state index in [1.807, 2.05) is 30.3 Å². The van der Waals surface area contributed by atoms with Crippen LogP contribution in [0.15, 0.2) is 40.0 Å². The second-order valence-corrected chi connectivity index (χ2v) is 5.36. The smallest absolute Gasteiger partial charge is 0.321 e. The third-order valence-electron chi connectivity index (χ3n) is 2.54. The first kappa shape index (κ1) is 15.0. The Morgan fingerprint density at radius 2 is 1.95 bits per heavy atom. The fourth-order valence-electron chi connectivity index (χ4n) is 1.44. The van der Waals surface area contributed by atoms with E-state index in [9.17, 15) is 9.59 Å². The fourth-order valence-corrected chi connectivity index (χ4v) is 2.12. The molecule has 1 heterocycles. The highest BCUT2D eigenvalue weighted by Gasteiger charge is 2.20. The number of hydrogen-bond acceptors (Lipinski definition) is 6. The number of carbonyl (C=O) groups is 2. The van der Waals surface area contributed by atoms with Gasteiger partial charge in [0.05, 0.1) is 5.25 Å². The summed E-state index contributed by atoms with van der Waals surface area (Å²) in [5, 5.41) is 12.0. The SMILES string of the molecule is CNC(=O)NC(=O)[C@H](C)Sc1nnc(-c2ccccc2)o1. The minimum atomic E-state index is -0.553. The predicted molar refractivity (Wildman–Crippen MR) is 77.7 cm³/mol. The number of aromatic nitrogens is 2. The Hall–Kier alpha value is -2.35. The molecule has 0 radical (unpaired) electrons. The zero-order valence-electron chi connectivity index (χ0n) is 11.5. The number of rotatable bonds is 4. The molecule has 0 fully saturated rings. The van der Waals surface area contributed by atoms with Gasteiger partial charge in [-0.25, -0.2) is 4.79 Å². The Morgan fingerprint density at radius 1 is 1.24 bits per heavy atom. The lowest BCUT2D eigenvalue weighted by molar-refractivity contribution is -0.119. The zero-order valence-corrected chi connectivity index (χ0v) is 12.3. The Labute approximate surface area is 125 Å². The maximum Gasteiger partial charge on any atom is 0.321 e. The standard InChI is InChI=1S/C13H14N4O3S/c1-8(10(18)15-12(19)14-2)21-13-17-16-11(20-13)9-6-4-3-5-7-9/h3-8H,1-2H3,(H2,14,15,18,19)/t8-/m0/s1. The van der Waals surface area contributed by atoms with Crippen molar-refractivity contribution in [2.45, 2.75) is 17.4 Å². The molecular formula is C13H14N4O3S. The molecule has 1 atom stereocenters. The normalized spacial score (nSPS) is 11.7. The first-order valence-electron chi connectivity index (χ1n) is 6.18. The van der Waals surface area contributed by atoms with Crippen LogP contribution in [-0.2, 0) is 4.79 Å². The lowest BCUT2D eigenvalue weighted by atomic mass is 10.2.